The van der Waals surface area contributed by atoms with E-state index in [-0.39, 0.29) is 0 Å². The Kier molecular flexibility index (Phi) is 11.2. The van der Waals surface area contributed by atoms with E-state index in [2.05, 4.69) is 33.1 Å². The Hall–Kier alpha value is -1.80. The number of allylic oxidation sites excluding steroid dienone is 2. The van der Waals surface area contributed by atoms with Crippen molar-refractivity contribution >= 4 is 11.9 Å². The molecule has 0 heterocycles. The molecule has 0 aromatic heterocycles. The van der Waals surface area contributed by atoms with Gasteiger partial charge in [0.1, 0.15) is 0 Å². The number of carbonyl (C=O) groups excluding carboxylic acids is 2. The first-order valence-electron chi connectivity index (χ1n) is 11.7. The maximum absolute atomic E-state index is 12.7. The van der Waals surface area contributed by atoms with Gasteiger partial charge < -0.3 is 9.47 Å². The SMILES string of the molecule is C=C(C=C=C(CC)CC)C1(CCCCCCCCCC)CC1(C(=O)OC)C(=O)OC. The fraction of sp³-hybridized carbons (Fsp3) is 0.731. The fourth-order valence-electron chi connectivity index (χ4n) is 4.57. The van der Waals surface area contributed by atoms with Crippen LogP contribution in [0.4, 0.5) is 0 Å². The Bertz CT molecular complexity index is 632. The van der Waals surface area contributed by atoms with Crippen LogP contribution in [-0.2, 0) is 19.1 Å². The van der Waals surface area contributed by atoms with E-state index in [4.69, 9.17) is 9.47 Å². The zero-order valence-electron chi connectivity index (χ0n) is 19.9. The second-order valence-electron chi connectivity index (χ2n) is 8.50. The number of unbranched alkanes of at least 4 members (excludes halogenated alkanes) is 7. The second kappa shape index (κ2) is 12.8. The highest BCUT2D eigenvalue weighted by Gasteiger charge is 2.78. The molecule has 1 atom stereocenters. The number of esters is 2. The van der Waals surface area contributed by atoms with Crippen LogP contribution in [0.25, 0.3) is 0 Å². The van der Waals surface area contributed by atoms with Gasteiger partial charge in [0.05, 0.1) is 14.2 Å². The molecule has 0 aromatic carbocycles. The van der Waals surface area contributed by atoms with Gasteiger partial charge in [0.15, 0.2) is 5.41 Å². The highest BCUT2D eigenvalue weighted by atomic mass is 16.5. The largest absolute Gasteiger partial charge is 0.468 e. The lowest BCUT2D eigenvalue weighted by molar-refractivity contribution is -0.163. The van der Waals surface area contributed by atoms with Crippen LogP contribution in [0.2, 0.25) is 0 Å². The quantitative estimate of drug-likeness (QED) is 0.0976. The minimum Gasteiger partial charge on any atom is -0.468 e. The molecule has 1 rings (SSSR count). The van der Waals surface area contributed by atoms with Crippen molar-refractivity contribution in [2.45, 2.75) is 97.8 Å². The van der Waals surface area contributed by atoms with Crippen LogP contribution < -0.4 is 0 Å². The van der Waals surface area contributed by atoms with Crippen molar-refractivity contribution in [2.75, 3.05) is 14.2 Å². The third-order valence-corrected chi connectivity index (χ3v) is 6.70. The van der Waals surface area contributed by atoms with E-state index in [9.17, 15) is 9.59 Å². The van der Waals surface area contributed by atoms with Crippen molar-refractivity contribution in [2.24, 2.45) is 10.8 Å². The maximum Gasteiger partial charge on any atom is 0.324 e. The van der Waals surface area contributed by atoms with Crippen LogP contribution in [0.15, 0.2) is 29.5 Å². The van der Waals surface area contributed by atoms with Gasteiger partial charge in [-0.3, -0.25) is 9.59 Å². The first kappa shape index (κ1) is 26.2. The average Bonchev–Trinajstić information content (AvgIpc) is 3.46. The smallest absolute Gasteiger partial charge is 0.324 e. The molecule has 0 aliphatic heterocycles. The minimum atomic E-state index is -1.27. The third-order valence-electron chi connectivity index (χ3n) is 6.70. The van der Waals surface area contributed by atoms with Gasteiger partial charge in [-0.2, -0.15) is 0 Å². The molecule has 0 N–H and O–H groups in total. The van der Waals surface area contributed by atoms with Gasteiger partial charge in [-0.15, -0.1) is 5.73 Å². The predicted octanol–water partition coefficient (Wildman–Crippen LogP) is 6.70. The number of methoxy groups -OCH3 is 2. The lowest BCUT2D eigenvalue weighted by Crippen LogP contribution is -2.35. The van der Waals surface area contributed by atoms with Crippen LogP contribution in [-0.4, -0.2) is 26.2 Å². The molecule has 0 radical (unpaired) electrons. The summed E-state index contributed by atoms with van der Waals surface area (Å²) in [6, 6.07) is 0. The molecule has 1 unspecified atom stereocenters. The summed E-state index contributed by atoms with van der Waals surface area (Å²) in [5, 5.41) is 0. The Morgan fingerprint density at radius 2 is 1.40 bits per heavy atom. The maximum atomic E-state index is 12.7. The molecule has 0 amide bonds. The Morgan fingerprint density at radius 3 is 1.87 bits per heavy atom. The van der Waals surface area contributed by atoms with Crippen molar-refractivity contribution in [3.8, 4) is 0 Å². The van der Waals surface area contributed by atoms with Crippen molar-refractivity contribution in [3.63, 3.8) is 0 Å². The molecule has 170 valence electrons. The van der Waals surface area contributed by atoms with Gasteiger partial charge in [0.25, 0.3) is 0 Å². The topological polar surface area (TPSA) is 52.6 Å². The molecular weight excluding hydrogens is 376 g/mol. The van der Waals surface area contributed by atoms with Crippen molar-refractivity contribution < 1.29 is 19.1 Å². The number of carbonyl (C=O) groups is 2. The van der Waals surface area contributed by atoms with E-state index < -0.39 is 22.8 Å². The Morgan fingerprint density at radius 1 is 0.900 bits per heavy atom. The first-order valence-corrected chi connectivity index (χ1v) is 11.7. The third kappa shape index (κ3) is 5.88. The van der Waals surface area contributed by atoms with E-state index in [0.717, 1.165) is 37.7 Å². The van der Waals surface area contributed by atoms with E-state index in [1.165, 1.54) is 58.3 Å². The summed E-state index contributed by atoms with van der Waals surface area (Å²) in [4.78, 5) is 25.4. The number of hydrogen-bond donors (Lipinski definition) is 0. The zero-order chi connectivity index (χ0) is 22.6. The number of hydrogen-bond acceptors (Lipinski definition) is 4. The fourth-order valence-corrected chi connectivity index (χ4v) is 4.57. The molecule has 1 saturated carbocycles. The summed E-state index contributed by atoms with van der Waals surface area (Å²) in [5.41, 5.74) is 3.41. The van der Waals surface area contributed by atoms with Crippen LogP contribution in [0, 0.1) is 10.8 Å². The van der Waals surface area contributed by atoms with E-state index in [1.807, 2.05) is 6.08 Å². The van der Waals surface area contributed by atoms with Crippen LogP contribution >= 0.6 is 0 Å². The molecule has 0 aromatic rings. The minimum absolute atomic E-state index is 0.403. The molecular formula is C26H42O4. The highest BCUT2D eigenvalue weighted by Crippen LogP contribution is 2.71. The second-order valence-corrected chi connectivity index (χ2v) is 8.50. The molecule has 4 heteroatoms. The van der Waals surface area contributed by atoms with Crippen LogP contribution in [0.1, 0.15) is 97.8 Å². The highest BCUT2D eigenvalue weighted by molar-refractivity contribution is 6.06. The standard InChI is InChI=1S/C26H42O4/c1-7-10-11-12-13-14-15-16-19-25(21(4)17-18-22(8-2)9-3)20-26(25,23(27)29-5)24(28)30-6/h17H,4,7-16,19-20H2,1-3,5-6H3. The molecule has 1 fully saturated rings. The van der Waals surface area contributed by atoms with Gasteiger partial charge in [-0.05, 0) is 42.9 Å². The van der Waals surface area contributed by atoms with Gasteiger partial charge in [0, 0.05) is 5.41 Å². The average molecular weight is 419 g/mol. The van der Waals surface area contributed by atoms with Crippen molar-refractivity contribution in [3.05, 3.63) is 29.5 Å². The lowest BCUT2D eigenvalue weighted by Gasteiger charge is -2.23. The normalized spacial score (nSPS) is 18.8. The van der Waals surface area contributed by atoms with Crippen LogP contribution in [0.3, 0.4) is 0 Å². The number of ether oxygens (including phenoxy) is 2. The van der Waals surface area contributed by atoms with E-state index in [0.29, 0.717) is 6.42 Å². The Labute approximate surface area is 183 Å². The summed E-state index contributed by atoms with van der Waals surface area (Å²) in [5.74, 6) is -1.03. The summed E-state index contributed by atoms with van der Waals surface area (Å²) >= 11 is 0. The molecule has 0 spiro atoms. The van der Waals surface area contributed by atoms with E-state index >= 15 is 0 Å². The summed E-state index contributed by atoms with van der Waals surface area (Å²) < 4.78 is 10.1. The van der Waals surface area contributed by atoms with Crippen molar-refractivity contribution in [1.29, 1.82) is 0 Å². The monoisotopic (exact) mass is 418 g/mol. The van der Waals surface area contributed by atoms with Gasteiger partial charge in [-0.1, -0.05) is 78.7 Å². The zero-order valence-corrected chi connectivity index (χ0v) is 19.9. The summed E-state index contributed by atoms with van der Waals surface area (Å²) in [6.45, 7) is 10.7. The first-order chi connectivity index (χ1) is 14.4. The number of rotatable bonds is 15. The molecule has 30 heavy (non-hydrogen) atoms. The predicted molar refractivity (Wildman–Crippen MR) is 122 cm³/mol. The van der Waals surface area contributed by atoms with Gasteiger partial charge >= 0.3 is 11.9 Å². The Balaban J connectivity index is 2.97. The summed E-state index contributed by atoms with van der Waals surface area (Å²) in [6.07, 6.45) is 14.5. The van der Waals surface area contributed by atoms with Gasteiger partial charge in [0.2, 0.25) is 0 Å². The molecule has 0 bridgehead atoms. The van der Waals surface area contributed by atoms with E-state index in [1.54, 1.807) is 0 Å². The molecule has 4 nitrogen and oxygen atoms in total. The van der Waals surface area contributed by atoms with Gasteiger partial charge in [-0.25, -0.2) is 0 Å². The summed E-state index contributed by atoms with van der Waals surface area (Å²) in [7, 11) is 2.66. The molecule has 1 aliphatic rings. The lowest BCUT2D eigenvalue weighted by atomic mass is 9.81. The molecule has 0 saturated heterocycles. The van der Waals surface area contributed by atoms with Crippen LogP contribution in [0.5, 0.6) is 0 Å². The van der Waals surface area contributed by atoms with Crippen molar-refractivity contribution in [1.82, 2.24) is 0 Å². The molecule has 1 aliphatic carbocycles.